The van der Waals surface area contributed by atoms with Crippen LogP contribution in [0.3, 0.4) is 0 Å². The molecule has 0 unspecified atom stereocenters. The van der Waals surface area contributed by atoms with Gasteiger partial charge in [-0.25, -0.2) is 0 Å². The molecule has 104 valence electrons. The highest BCUT2D eigenvalue weighted by Gasteiger charge is 2.12. The summed E-state index contributed by atoms with van der Waals surface area (Å²) >= 11 is 0. The Kier molecular flexibility index (Phi) is 4.35. The van der Waals surface area contributed by atoms with Gasteiger partial charge in [0.2, 0.25) is 0 Å². The number of benzene rings is 1. The van der Waals surface area contributed by atoms with Gasteiger partial charge in [0.25, 0.3) is 5.91 Å². The van der Waals surface area contributed by atoms with Gasteiger partial charge in [0.05, 0.1) is 5.56 Å². The summed E-state index contributed by atoms with van der Waals surface area (Å²) in [7, 11) is 3.51. The van der Waals surface area contributed by atoms with E-state index in [1.807, 2.05) is 36.5 Å². The van der Waals surface area contributed by atoms with E-state index in [2.05, 4.69) is 17.2 Å². The lowest BCUT2D eigenvalue weighted by atomic mass is 10.1. The predicted molar refractivity (Wildman–Crippen MR) is 80.8 cm³/mol. The van der Waals surface area contributed by atoms with Crippen LogP contribution in [-0.4, -0.2) is 29.9 Å². The van der Waals surface area contributed by atoms with Gasteiger partial charge >= 0.3 is 0 Å². The van der Waals surface area contributed by atoms with Crippen LogP contribution in [0.4, 0.5) is 5.69 Å². The molecule has 1 heterocycles. The molecule has 2 rings (SSSR count). The van der Waals surface area contributed by atoms with Crippen molar-refractivity contribution in [1.29, 1.82) is 0 Å². The summed E-state index contributed by atoms with van der Waals surface area (Å²) in [6, 6.07) is 9.53. The molecule has 1 aromatic heterocycles. The van der Waals surface area contributed by atoms with Crippen LogP contribution < -0.4 is 5.32 Å². The molecular weight excluding hydrogens is 250 g/mol. The highest BCUT2D eigenvalue weighted by molar-refractivity contribution is 5.99. The minimum atomic E-state index is -0.00370. The summed E-state index contributed by atoms with van der Waals surface area (Å²) in [5.74, 6) is -0.00370. The lowest BCUT2D eigenvalue weighted by Gasteiger charge is -2.15. The van der Waals surface area contributed by atoms with Crippen LogP contribution in [0.2, 0.25) is 0 Å². The van der Waals surface area contributed by atoms with Crippen molar-refractivity contribution in [3.05, 3.63) is 59.4 Å². The van der Waals surface area contributed by atoms with Crippen LogP contribution in [0.15, 0.2) is 42.7 Å². The minimum Gasteiger partial charge on any atom is -0.380 e. The van der Waals surface area contributed by atoms with Gasteiger partial charge in [0.15, 0.2) is 0 Å². The molecule has 1 aromatic carbocycles. The normalized spacial score (nSPS) is 10.2. The third-order valence-corrected chi connectivity index (χ3v) is 3.18. The van der Waals surface area contributed by atoms with E-state index in [0.717, 1.165) is 11.3 Å². The Balaban J connectivity index is 2.18. The predicted octanol–water partition coefficient (Wildman–Crippen LogP) is 2.70. The number of aryl methyl sites for hydroxylation is 1. The Labute approximate surface area is 119 Å². The van der Waals surface area contributed by atoms with Crippen molar-refractivity contribution in [2.45, 2.75) is 13.5 Å². The van der Waals surface area contributed by atoms with Crippen LogP contribution >= 0.6 is 0 Å². The van der Waals surface area contributed by atoms with E-state index in [1.165, 1.54) is 5.56 Å². The number of pyridine rings is 1. The van der Waals surface area contributed by atoms with Gasteiger partial charge < -0.3 is 10.2 Å². The number of nitrogens with one attached hydrogen (secondary N) is 1. The molecule has 0 saturated carbocycles. The number of carbonyl (C=O) groups is 1. The molecule has 20 heavy (non-hydrogen) atoms. The lowest BCUT2D eigenvalue weighted by Crippen LogP contribution is -2.22. The molecule has 0 fully saturated rings. The van der Waals surface area contributed by atoms with Gasteiger partial charge in [-0.05, 0) is 36.2 Å². The van der Waals surface area contributed by atoms with E-state index in [1.54, 1.807) is 25.2 Å². The Hall–Kier alpha value is -2.36. The lowest BCUT2D eigenvalue weighted by molar-refractivity contribution is 0.0828. The number of aromatic nitrogens is 1. The monoisotopic (exact) mass is 269 g/mol. The molecule has 0 bridgehead atoms. The smallest absolute Gasteiger partial charge is 0.255 e. The number of hydrogen-bond acceptors (Lipinski definition) is 3. The fourth-order valence-electron chi connectivity index (χ4n) is 1.94. The van der Waals surface area contributed by atoms with Crippen LogP contribution in [0.1, 0.15) is 21.5 Å². The zero-order valence-corrected chi connectivity index (χ0v) is 12.1. The molecule has 2 aromatic rings. The van der Waals surface area contributed by atoms with Crippen molar-refractivity contribution in [3.63, 3.8) is 0 Å². The third-order valence-electron chi connectivity index (χ3n) is 3.18. The molecule has 4 nitrogen and oxygen atoms in total. The van der Waals surface area contributed by atoms with Crippen molar-refractivity contribution >= 4 is 11.6 Å². The SMILES string of the molecule is Cc1ccncc1CNc1ccccc1C(=O)N(C)C. The average Bonchev–Trinajstić information content (AvgIpc) is 2.46. The highest BCUT2D eigenvalue weighted by Crippen LogP contribution is 2.18. The maximum absolute atomic E-state index is 12.1. The second-order valence-corrected chi connectivity index (χ2v) is 4.90. The second kappa shape index (κ2) is 6.19. The number of amides is 1. The van der Waals surface area contributed by atoms with Crippen molar-refractivity contribution in [1.82, 2.24) is 9.88 Å². The molecule has 0 spiro atoms. The zero-order chi connectivity index (χ0) is 14.5. The van der Waals surface area contributed by atoms with Crippen LogP contribution in [0.25, 0.3) is 0 Å². The third kappa shape index (κ3) is 3.15. The first-order valence-electron chi connectivity index (χ1n) is 6.53. The highest BCUT2D eigenvalue weighted by atomic mass is 16.2. The van der Waals surface area contributed by atoms with E-state index in [4.69, 9.17) is 0 Å². The summed E-state index contributed by atoms with van der Waals surface area (Å²) < 4.78 is 0. The Morgan fingerprint density at radius 3 is 2.70 bits per heavy atom. The topological polar surface area (TPSA) is 45.2 Å². The van der Waals surface area contributed by atoms with Crippen molar-refractivity contribution in [2.75, 3.05) is 19.4 Å². The quantitative estimate of drug-likeness (QED) is 0.928. The summed E-state index contributed by atoms with van der Waals surface area (Å²) in [4.78, 5) is 17.8. The fraction of sp³-hybridized carbons (Fsp3) is 0.250. The van der Waals surface area contributed by atoms with Crippen LogP contribution in [0, 0.1) is 6.92 Å². The Morgan fingerprint density at radius 1 is 1.25 bits per heavy atom. The summed E-state index contributed by atoms with van der Waals surface area (Å²) in [5, 5.41) is 3.32. The zero-order valence-electron chi connectivity index (χ0n) is 12.1. The van der Waals surface area contributed by atoms with Crippen molar-refractivity contribution in [3.8, 4) is 0 Å². The van der Waals surface area contributed by atoms with Gasteiger partial charge in [0.1, 0.15) is 0 Å². The van der Waals surface area contributed by atoms with E-state index < -0.39 is 0 Å². The standard InChI is InChI=1S/C16H19N3O/c1-12-8-9-17-10-13(12)11-18-15-7-5-4-6-14(15)16(20)19(2)3/h4-10,18H,11H2,1-3H3. The van der Waals surface area contributed by atoms with E-state index in [-0.39, 0.29) is 5.91 Å². The van der Waals surface area contributed by atoms with E-state index >= 15 is 0 Å². The number of carbonyl (C=O) groups excluding carboxylic acids is 1. The van der Waals surface area contributed by atoms with E-state index in [0.29, 0.717) is 12.1 Å². The summed E-state index contributed by atoms with van der Waals surface area (Å²) in [6.07, 6.45) is 3.63. The van der Waals surface area contributed by atoms with Gasteiger partial charge in [-0.3, -0.25) is 9.78 Å². The minimum absolute atomic E-state index is 0.00370. The van der Waals surface area contributed by atoms with Gasteiger partial charge in [-0.2, -0.15) is 0 Å². The first kappa shape index (κ1) is 14.1. The number of anilines is 1. The summed E-state index contributed by atoms with van der Waals surface area (Å²) in [5.41, 5.74) is 3.83. The average molecular weight is 269 g/mol. The molecule has 0 aliphatic heterocycles. The molecule has 4 heteroatoms. The molecule has 0 radical (unpaired) electrons. The molecule has 0 aliphatic rings. The maximum Gasteiger partial charge on any atom is 0.255 e. The second-order valence-electron chi connectivity index (χ2n) is 4.90. The molecule has 0 saturated heterocycles. The van der Waals surface area contributed by atoms with Crippen molar-refractivity contribution < 1.29 is 4.79 Å². The number of hydrogen-bond donors (Lipinski definition) is 1. The van der Waals surface area contributed by atoms with E-state index in [9.17, 15) is 4.79 Å². The first-order chi connectivity index (χ1) is 9.59. The molecule has 0 aliphatic carbocycles. The summed E-state index contributed by atoms with van der Waals surface area (Å²) in [6.45, 7) is 2.70. The molecule has 1 N–H and O–H groups in total. The Morgan fingerprint density at radius 2 is 2.00 bits per heavy atom. The first-order valence-corrected chi connectivity index (χ1v) is 6.53. The van der Waals surface area contributed by atoms with Crippen LogP contribution in [-0.2, 0) is 6.54 Å². The molecular formula is C16H19N3O. The number of para-hydroxylation sites is 1. The maximum atomic E-state index is 12.1. The largest absolute Gasteiger partial charge is 0.380 e. The molecule has 1 amide bonds. The number of rotatable bonds is 4. The van der Waals surface area contributed by atoms with Gasteiger partial charge in [0, 0.05) is 38.7 Å². The molecule has 0 atom stereocenters. The van der Waals surface area contributed by atoms with Crippen molar-refractivity contribution in [2.24, 2.45) is 0 Å². The van der Waals surface area contributed by atoms with Crippen LogP contribution in [0.5, 0.6) is 0 Å². The fourth-order valence-corrected chi connectivity index (χ4v) is 1.94. The number of nitrogens with zero attached hydrogens (tertiary/aromatic N) is 2. The van der Waals surface area contributed by atoms with Gasteiger partial charge in [-0.1, -0.05) is 12.1 Å². The van der Waals surface area contributed by atoms with Gasteiger partial charge in [-0.15, -0.1) is 0 Å². The Bertz CT molecular complexity index is 608.